The number of rotatable bonds is 5. The minimum atomic E-state index is -0.344. The summed E-state index contributed by atoms with van der Waals surface area (Å²) in [5.41, 5.74) is 0.748. The molecule has 1 N–H and O–H groups in total. The Hall–Kier alpha value is -1.46. The number of nitrogens with one attached hydrogen (secondary N) is 1. The third kappa shape index (κ3) is 3.80. The highest BCUT2D eigenvalue weighted by Gasteiger charge is 2.21. The Labute approximate surface area is 130 Å². The van der Waals surface area contributed by atoms with Gasteiger partial charge in [0.05, 0.1) is 4.47 Å². The smallest absolute Gasteiger partial charge is 0.141 e. The zero-order chi connectivity index (χ0) is 14.8. The first kappa shape index (κ1) is 14.5. The van der Waals surface area contributed by atoms with Crippen molar-refractivity contribution in [3.8, 4) is 11.5 Å². The summed E-state index contributed by atoms with van der Waals surface area (Å²) >= 11 is 3.26. The monoisotopic (exact) mass is 353 g/mol. The molecule has 110 valence electrons. The van der Waals surface area contributed by atoms with Crippen molar-refractivity contribution in [1.29, 1.82) is 0 Å². The molecule has 0 aromatic heterocycles. The first-order valence-corrected chi connectivity index (χ1v) is 7.56. The van der Waals surface area contributed by atoms with Gasteiger partial charge in [-0.25, -0.2) is 8.78 Å². The molecule has 1 aliphatic carbocycles. The molecule has 0 heterocycles. The third-order valence-corrected chi connectivity index (χ3v) is 3.91. The summed E-state index contributed by atoms with van der Waals surface area (Å²) in [5, 5.41) is 3.33. The predicted octanol–water partition coefficient (Wildman–Crippen LogP) is 4.77. The van der Waals surface area contributed by atoms with E-state index in [2.05, 4.69) is 21.2 Å². The van der Waals surface area contributed by atoms with E-state index in [0.29, 0.717) is 28.6 Å². The van der Waals surface area contributed by atoms with E-state index in [9.17, 15) is 8.78 Å². The molecule has 2 aromatic rings. The molecule has 1 aliphatic rings. The van der Waals surface area contributed by atoms with E-state index >= 15 is 0 Å². The summed E-state index contributed by atoms with van der Waals surface area (Å²) in [5.74, 6) is 0.421. The fourth-order valence-electron chi connectivity index (χ4n) is 2.00. The standard InChI is InChI=1S/C16H14BrF2NO/c17-14-8-12(19)2-6-16(14)21-15-5-1-11(18)7-10(15)9-20-13-3-4-13/h1-2,5-8,13,20H,3-4,9H2. The van der Waals surface area contributed by atoms with Crippen LogP contribution in [-0.2, 0) is 6.54 Å². The average Bonchev–Trinajstić information content (AvgIpc) is 3.26. The lowest BCUT2D eigenvalue weighted by Crippen LogP contribution is -2.16. The van der Waals surface area contributed by atoms with Crippen LogP contribution in [0.3, 0.4) is 0 Å². The van der Waals surface area contributed by atoms with Crippen LogP contribution in [-0.4, -0.2) is 6.04 Å². The van der Waals surface area contributed by atoms with Crippen molar-refractivity contribution in [3.05, 3.63) is 58.1 Å². The molecule has 0 saturated heterocycles. The van der Waals surface area contributed by atoms with E-state index < -0.39 is 0 Å². The molecule has 0 radical (unpaired) electrons. The molecular weight excluding hydrogens is 340 g/mol. The van der Waals surface area contributed by atoms with Crippen molar-refractivity contribution in [2.45, 2.75) is 25.4 Å². The van der Waals surface area contributed by atoms with Crippen molar-refractivity contribution in [2.24, 2.45) is 0 Å². The second-order valence-electron chi connectivity index (χ2n) is 5.08. The topological polar surface area (TPSA) is 21.3 Å². The maximum atomic E-state index is 13.4. The van der Waals surface area contributed by atoms with Crippen LogP contribution in [0.25, 0.3) is 0 Å². The van der Waals surface area contributed by atoms with Crippen molar-refractivity contribution in [1.82, 2.24) is 5.32 Å². The van der Waals surface area contributed by atoms with Crippen LogP contribution in [0.2, 0.25) is 0 Å². The first-order valence-electron chi connectivity index (χ1n) is 6.76. The fraction of sp³-hybridized carbons (Fsp3) is 0.250. The van der Waals surface area contributed by atoms with Gasteiger partial charge in [-0.1, -0.05) is 0 Å². The van der Waals surface area contributed by atoms with Crippen molar-refractivity contribution in [3.63, 3.8) is 0 Å². The Morgan fingerprint density at radius 2 is 1.71 bits per heavy atom. The minimum absolute atomic E-state index is 0.298. The Bertz CT molecular complexity index is 659. The van der Waals surface area contributed by atoms with Gasteiger partial charge in [-0.15, -0.1) is 0 Å². The molecule has 1 fully saturated rings. The summed E-state index contributed by atoms with van der Waals surface area (Å²) in [6.07, 6.45) is 2.32. The van der Waals surface area contributed by atoms with Gasteiger partial charge in [0.15, 0.2) is 0 Å². The second kappa shape index (κ2) is 6.12. The highest BCUT2D eigenvalue weighted by Crippen LogP contribution is 2.32. The molecule has 0 bridgehead atoms. The van der Waals surface area contributed by atoms with Gasteiger partial charge in [0.1, 0.15) is 23.1 Å². The summed E-state index contributed by atoms with van der Waals surface area (Å²) in [6.45, 7) is 0.552. The molecule has 0 aliphatic heterocycles. The van der Waals surface area contributed by atoms with E-state index in [4.69, 9.17) is 4.74 Å². The lowest BCUT2D eigenvalue weighted by atomic mass is 10.2. The predicted molar refractivity (Wildman–Crippen MR) is 80.4 cm³/mol. The number of benzene rings is 2. The Morgan fingerprint density at radius 3 is 2.38 bits per heavy atom. The van der Waals surface area contributed by atoms with Crippen molar-refractivity contribution < 1.29 is 13.5 Å². The summed E-state index contributed by atoms with van der Waals surface area (Å²) in [6, 6.07) is 9.14. The molecular formula is C16H14BrF2NO. The largest absolute Gasteiger partial charge is 0.456 e. The van der Waals surface area contributed by atoms with E-state index in [1.165, 1.54) is 24.3 Å². The fourth-order valence-corrected chi connectivity index (χ4v) is 2.44. The SMILES string of the molecule is Fc1ccc(Oc2ccc(F)cc2CNC2CC2)c(Br)c1. The Balaban J connectivity index is 1.82. The highest BCUT2D eigenvalue weighted by molar-refractivity contribution is 9.10. The van der Waals surface area contributed by atoms with Crippen molar-refractivity contribution >= 4 is 15.9 Å². The minimum Gasteiger partial charge on any atom is -0.456 e. The average molecular weight is 354 g/mol. The van der Waals surface area contributed by atoms with Crippen LogP contribution >= 0.6 is 15.9 Å². The van der Waals surface area contributed by atoms with Gasteiger partial charge in [0.25, 0.3) is 0 Å². The molecule has 2 nitrogen and oxygen atoms in total. The maximum Gasteiger partial charge on any atom is 0.141 e. The van der Waals surface area contributed by atoms with Crippen LogP contribution in [0.1, 0.15) is 18.4 Å². The molecule has 0 spiro atoms. The Kier molecular flexibility index (Phi) is 4.22. The van der Waals surface area contributed by atoms with Gasteiger partial charge in [-0.2, -0.15) is 0 Å². The van der Waals surface area contributed by atoms with E-state index in [-0.39, 0.29) is 11.6 Å². The quantitative estimate of drug-likeness (QED) is 0.835. The van der Waals surface area contributed by atoms with Gasteiger partial charge < -0.3 is 10.1 Å². The molecule has 3 rings (SSSR count). The van der Waals surface area contributed by atoms with Gasteiger partial charge in [0, 0.05) is 18.2 Å². The third-order valence-electron chi connectivity index (χ3n) is 3.29. The molecule has 0 atom stereocenters. The second-order valence-corrected chi connectivity index (χ2v) is 5.94. The van der Waals surface area contributed by atoms with Crippen LogP contribution < -0.4 is 10.1 Å². The maximum absolute atomic E-state index is 13.4. The van der Waals surface area contributed by atoms with Gasteiger partial charge in [0.2, 0.25) is 0 Å². The van der Waals surface area contributed by atoms with Crippen LogP contribution in [0, 0.1) is 11.6 Å². The summed E-state index contributed by atoms with van der Waals surface area (Å²) < 4.78 is 32.8. The Morgan fingerprint density at radius 1 is 1.05 bits per heavy atom. The van der Waals surface area contributed by atoms with E-state index in [1.807, 2.05) is 0 Å². The molecule has 2 aromatic carbocycles. The zero-order valence-corrected chi connectivity index (χ0v) is 12.8. The van der Waals surface area contributed by atoms with Gasteiger partial charge in [-0.3, -0.25) is 0 Å². The molecule has 21 heavy (non-hydrogen) atoms. The van der Waals surface area contributed by atoms with E-state index in [1.54, 1.807) is 12.1 Å². The normalized spacial score (nSPS) is 14.2. The van der Waals surface area contributed by atoms with Crippen LogP contribution in [0.5, 0.6) is 11.5 Å². The zero-order valence-electron chi connectivity index (χ0n) is 11.2. The highest BCUT2D eigenvalue weighted by atomic mass is 79.9. The number of halogens is 3. The molecule has 1 saturated carbocycles. The lowest BCUT2D eigenvalue weighted by Gasteiger charge is -2.13. The van der Waals surface area contributed by atoms with Crippen LogP contribution in [0.15, 0.2) is 40.9 Å². The number of ether oxygens (including phenoxy) is 1. The van der Waals surface area contributed by atoms with Crippen molar-refractivity contribution in [2.75, 3.05) is 0 Å². The van der Waals surface area contributed by atoms with Gasteiger partial charge >= 0.3 is 0 Å². The first-order chi connectivity index (χ1) is 10.1. The summed E-state index contributed by atoms with van der Waals surface area (Å²) in [7, 11) is 0. The molecule has 5 heteroatoms. The van der Waals surface area contributed by atoms with Crippen LogP contribution in [0.4, 0.5) is 8.78 Å². The lowest BCUT2D eigenvalue weighted by molar-refractivity contribution is 0.465. The van der Waals surface area contributed by atoms with Gasteiger partial charge in [-0.05, 0) is 65.2 Å². The molecule has 0 amide bonds. The number of hydrogen-bond acceptors (Lipinski definition) is 2. The molecule has 0 unspecified atom stereocenters. The summed E-state index contributed by atoms with van der Waals surface area (Å²) in [4.78, 5) is 0. The van der Waals surface area contributed by atoms with E-state index in [0.717, 1.165) is 18.4 Å². The number of hydrogen-bond donors (Lipinski definition) is 1.